The Morgan fingerprint density at radius 1 is 1.09 bits per heavy atom. The Morgan fingerprint density at radius 2 is 1.65 bits per heavy atom. The Hall–Kier alpha value is -1.60. The smallest absolute Gasteiger partial charge is 0.307 e. The van der Waals surface area contributed by atoms with E-state index in [9.17, 15) is 13.2 Å². The van der Waals surface area contributed by atoms with Crippen LogP contribution in [0.4, 0.5) is 10.5 Å². The molecule has 23 heavy (non-hydrogen) atoms. The topological polar surface area (TPSA) is 78.5 Å². The number of nitrogens with zero attached hydrogens (tertiary/aromatic N) is 1. The summed E-state index contributed by atoms with van der Waals surface area (Å²) < 4.78 is 25.9. The number of fused-ring (bicyclic) bond motifs is 2. The van der Waals surface area contributed by atoms with E-state index < -0.39 is 16.1 Å². The van der Waals surface area contributed by atoms with Gasteiger partial charge in [-0.3, -0.25) is 4.90 Å². The predicted molar refractivity (Wildman–Crippen MR) is 90.1 cm³/mol. The third-order valence-corrected chi connectivity index (χ3v) is 5.74. The van der Waals surface area contributed by atoms with E-state index in [1.165, 1.54) is 27.2 Å². The molecule has 0 spiro atoms. The van der Waals surface area contributed by atoms with Gasteiger partial charge in [0.05, 0.1) is 0 Å². The highest BCUT2D eigenvalue weighted by molar-refractivity contribution is 7.89. The maximum Gasteiger partial charge on any atom is 0.332 e. The molecular weight excluding hydrogens is 314 g/mol. The van der Waals surface area contributed by atoms with Crippen LogP contribution in [0.3, 0.4) is 0 Å². The summed E-state index contributed by atoms with van der Waals surface area (Å²) >= 11 is 0. The van der Waals surface area contributed by atoms with Gasteiger partial charge in [0, 0.05) is 5.69 Å². The maximum atomic E-state index is 12.2. The summed E-state index contributed by atoms with van der Waals surface area (Å²) in [4.78, 5) is 13.7. The predicted octanol–water partition coefficient (Wildman–Crippen LogP) is 1.63. The zero-order valence-electron chi connectivity index (χ0n) is 13.6. The van der Waals surface area contributed by atoms with Gasteiger partial charge in [0.1, 0.15) is 5.88 Å². The van der Waals surface area contributed by atoms with Crippen LogP contribution in [0, 0.1) is 0 Å². The minimum atomic E-state index is -3.66. The zero-order valence-corrected chi connectivity index (χ0v) is 14.4. The number of nitrogens with one attached hydrogen (secondary N) is 2. The molecule has 1 aromatic rings. The molecule has 2 aliphatic carbocycles. The van der Waals surface area contributed by atoms with Crippen molar-refractivity contribution in [2.75, 3.05) is 25.3 Å². The number of carbonyl (C=O) groups excluding carboxylic acids is 1. The lowest BCUT2D eigenvalue weighted by Crippen LogP contribution is -2.39. The van der Waals surface area contributed by atoms with E-state index in [1.807, 2.05) is 0 Å². The number of anilines is 1. The van der Waals surface area contributed by atoms with Crippen molar-refractivity contribution in [1.82, 2.24) is 9.62 Å². The average molecular weight is 337 g/mol. The van der Waals surface area contributed by atoms with Crippen molar-refractivity contribution in [3.05, 3.63) is 28.3 Å². The standard InChI is InChI=1S/C16H23N3O3S/c1-19(2)10-23(21,22)18-16(20)17-15-13-7-3-5-11(13)9-12-6-4-8-14(12)15/h9H,3-8,10H2,1-2H3,(H2,17,18,20). The van der Waals surface area contributed by atoms with Gasteiger partial charge < -0.3 is 5.32 Å². The lowest BCUT2D eigenvalue weighted by molar-refractivity contribution is 0.256. The normalized spacial score (nSPS) is 16.3. The van der Waals surface area contributed by atoms with Crippen LogP contribution in [0.5, 0.6) is 0 Å². The minimum absolute atomic E-state index is 0.217. The number of hydrogen-bond acceptors (Lipinski definition) is 4. The molecule has 6 nitrogen and oxygen atoms in total. The molecule has 0 aliphatic heterocycles. The van der Waals surface area contributed by atoms with Gasteiger partial charge >= 0.3 is 6.03 Å². The van der Waals surface area contributed by atoms with Crippen molar-refractivity contribution in [1.29, 1.82) is 0 Å². The molecule has 0 saturated heterocycles. The molecule has 0 fully saturated rings. The second-order valence-electron chi connectivity index (χ2n) is 6.61. The minimum Gasteiger partial charge on any atom is -0.307 e. The van der Waals surface area contributed by atoms with Crippen LogP contribution in [0.1, 0.15) is 35.1 Å². The largest absolute Gasteiger partial charge is 0.332 e. The van der Waals surface area contributed by atoms with Gasteiger partial charge in [-0.2, -0.15) is 0 Å². The van der Waals surface area contributed by atoms with Gasteiger partial charge in [-0.05, 0) is 74.9 Å². The first-order valence-electron chi connectivity index (χ1n) is 7.98. The van der Waals surface area contributed by atoms with Crippen molar-refractivity contribution in [2.24, 2.45) is 0 Å². The lowest BCUT2D eigenvalue weighted by Gasteiger charge is -2.17. The van der Waals surface area contributed by atoms with Gasteiger partial charge in [-0.15, -0.1) is 0 Å². The van der Waals surface area contributed by atoms with E-state index in [2.05, 4.69) is 16.1 Å². The van der Waals surface area contributed by atoms with E-state index in [0.29, 0.717) is 0 Å². The van der Waals surface area contributed by atoms with Crippen LogP contribution >= 0.6 is 0 Å². The van der Waals surface area contributed by atoms with E-state index >= 15 is 0 Å². The summed E-state index contributed by atoms with van der Waals surface area (Å²) in [6, 6.07) is 1.61. The van der Waals surface area contributed by atoms with Gasteiger partial charge in [-0.25, -0.2) is 17.9 Å². The van der Waals surface area contributed by atoms with Crippen molar-refractivity contribution in [3.63, 3.8) is 0 Å². The fourth-order valence-electron chi connectivity index (χ4n) is 3.62. The molecule has 0 atom stereocenters. The monoisotopic (exact) mass is 337 g/mol. The van der Waals surface area contributed by atoms with Gasteiger partial charge in [0.15, 0.2) is 0 Å². The number of benzene rings is 1. The number of aryl methyl sites for hydroxylation is 2. The number of carbonyl (C=O) groups is 1. The summed E-state index contributed by atoms with van der Waals surface area (Å²) in [5, 5.41) is 2.82. The highest BCUT2D eigenvalue weighted by Crippen LogP contribution is 2.38. The van der Waals surface area contributed by atoms with E-state index in [-0.39, 0.29) is 5.88 Å². The Balaban J connectivity index is 1.82. The number of amides is 2. The lowest BCUT2D eigenvalue weighted by atomic mass is 9.99. The number of urea groups is 1. The van der Waals surface area contributed by atoms with Crippen molar-refractivity contribution in [3.8, 4) is 0 Å². The van der Waals surface area contributed by atoms with Crippen LogP contribution in [0.25, 0.3) is 0 Å². The van der Waals surface area contributed by atoms with Crippen LogP contribution in [0.2, 0.25) is 0 Å². The highest BCUT2D eigenvalue weighted by atomic mass is 32.2. The van der Waals surface area contributed by atoms with Crippen molar-refractivity contribution in [2.45, 2.75) is 38.5 Å². The maximum absolute atomic E-state index is 12.2. The Morgan fingerprint density at radius 3 is 2.17 bits per heavy atom. The molecule has 2 aliphatic rings. The molecule has 2 N–H and O–H groups in total. The summed E-state index contributed by atoms with van der Waals surface area (Å²) in [5.41, 5.74) is 5.83. The Bertz CT molecular complexity index is 709. The first-order valence-corrected chi connectivity index (χ1v) is 9.63. The molecule has 7 heteroatoms. The molecule has 2 amide bonds. The number of rotatable bonds is 4. The second kappa shape index (κ2) is 6.13. The van der Waals surface area contributed by atoms with Crippen LogP contribution in [0.15, 0.2) is 6.07 Å². The fraction of sp³-hybridized carbons (Fsp3) is 0.562. The quantitative estimate of drug-likeness (QED) is 0.875. The molecule has 0 unspecified atom stereocenters. The molecular formula is C16H23N3O3S. The summed E-state index contributed by atoms with van der Waals surface area (Å²) in [5.74, 6) is -0.217. The summed E-state index contributed by atoms with van der Waals surface area (Å²) in [6.45, 7) is 0. The first-order chi connectivity index (χ1) is 10.9. The van der Waals surface area contributed by atoms with Crippen molar-refractivity contribution >= 4 is 21.7 Å². The third-order valence-electron chi connectivity index (χ3n) is 4.39. The van der Waals surface area contributed by atoms with Gasteiger partial charge in [0.2, 0.25) is 10.0 Å². The molecule has 0 radical (unpaired) electrons. The summed E-state index contributed by atoms with van der Waals surface area (Å²) in [6.07, 6.45) is 6.15. The van der Waals surface area contributed by atoms with Crippen LogP contribution in [-0.2, 0) is 35.7 Å². The average Bonchev–Trinajstić information content (AvgIpc) is 3.03. The fourth-order valence-corrected chi connectivity index (χ4v) is 4.70. The van der Waals surface area contributed by atoms with Crippen LogP contribution < -0.4 is 10.0 Å². The Kier molecular flexibility index (Phi) is 4.33. The Labute approximate surface area is 137 Å². The number of sulfonamides is 1. The second-order valence-corrected chi connectivity index (χ2v) is 8.31. The van der Waals surface area contributed by atoms with Crippen LogP contribution in [-0.4, -0.2) is 39.3 Å². The SMILES string of the molecule is CN(C)CS(=O)(=O)NC(=O)Nc1c2c(cc3c1CCC3)CCC2. The molecule has 126 valence electrons. The van der Waals surface area contributed by atoms with E-state index in [4.69, 9.17) is 0 Å². The van der Waals surface area contributed by atoms with Gasteiger partial charge in [-0.1, -0.05) is 6.07 Å². The molecule has 0 aromatic heterocycles. The van der Waals surface area contributed by atoms with E-state index in [0.717, 1.165) is 44.2 Å². The number of hydrogen-bond donors (Lipinski definition) is 2. The first kappa shape index (κ1) is 16.3. The summed E-state index contributed by atoms with van der Waals surface area (Å²) in [7, 11) is -0.371. The zero-order chi connectivity index (χ0) is 16.6. The highest BCUT2D eigenvalue weighted by Gasteiger charge is 2.26. The van der Waals surface area contributed by atoms with E-state index in [1.54, 1.807) is 14.1 Å². The molecule has 0 heterocycles. The van der Waals surface area contributed by atoms with Gasteiger partial charge in [0.25, 0.3) is 0 Å². The molecule has 0 saturated carbocycles. The molecule has 0 bridgehead atoms. The molecule has 3 rings (SSSR count). The molecule has 1 aromatic carbocycles. The van der Waals surface area contributed by atoms with Crippen molar-refractivity contribution < 1.29 is 13.2 Å². The third kappa shape index (κ3) is 3.50.